The molecule has 1 aliphatic heterocycles. The van der Waals surface area contributed by atoms with E-state index >= 15 is 0 Å². The number of nitriles is 1. The van der Waals surface area contributed by atoms with Gasteiger partial charge in [0.25, 0.3) is 0 Å². The Labute approximate surface area is 107 Å². The number of hydrogen-bond acceptors (Lipinski definition) is 3. The molecular formula is C14H17FN2O. The predicted molar refractivity (Wildman–Crippen MR) is 66.4 cm³/mol. The molecule has 0 bridgehead atoms. The summed E-state index contributed by atoms with van der Waals surface area (Å²) in [5.41, 5.74) is 0.966. The Balaban J connectivity index is 2.00. The first-order valence-electron chi connectivity index (χ1n) is 6.14. The van der Waals surface area contributed by atoms with Crippen molar-refractivity contribution in [2.75, 3.05) is 13.2 Å². The second kappa shape index (κ2) is 5.47. The fraction of sp³-hybridized carbons (Fsp3) is 0.500. The van der Waals surface area contributed by atoms with Gasteiger partial charge in [-0.1, -0.05) is 6.07 Å². The van der Waals surface area contributed by atoms with Crippen molar-refractivity contribution in [3.05, 3.63) is 35.1 Å². The molecule has 1 aromatic carbocycles. The summed E-state index contributed by atoms with van der Waals surface area (Å²) in [4.78, 5) is 0. The van der Waals surface area contributed by atoms with Crippen LogP contribution in [-0.4, -0.2) is 18.8 Å². The molecule has 0 radical (unpaired) electrons. The van der Waals surface area contributed by atoms with Gasteiger partial charge in [-0.05, 0) is 31.9 Å². The van der Waals surface area contributed by atoms with Crippen molar-refractivity contribution in [1.29, 1.82) is 5.26 Å². The summed E-state index contributed by atoms with van der Waals surface area (Å²) < 4.78 is 19.0. The van der Waals surface area contributed by atoms with E-state index in [2.05, 4.69) is 12.2 Å². The smallest absolute Gasteiger partial charge is 0.129 e. The van der Waals surface area contributed by atoms with Gasteiger partial charge in [-0.25, -0.2) is 4.39 Å². The molecule has 2 rings (SSSR count). The Hall–Kier alpha value is -1.44. The number of benzene rings is 1. The zero-order valence-corrected chi connectivity index (χ0v) is 10.5. The van der Waals surface area contributed by atoms with E-state index in [-0.39, 0.29) is 11.4 Å². The van der Waals surface area contributed by atoms with Crippen LogP contribution in [-0.2, 0) is 11.3 Å². The third-order valence-corrected chi connectivity index (χ3v) is 3.48. The standard InChI is InChI=1S/C14H17FN2O/c1-14(4-6-18-7-5-14)17-10-12-3-2-11(9-16)8-13(12)15/h2-3,8,17H,4-7,10H2,1H3. The highest BCUT2D eigenvalue weighted by Gasteiger charge is 2.26. The van der Waals surface area contributed by atoms with Gasteiger partial charge in [-0.15, -0.1) is 0 Å². The average Bonchev–Trinajstić information content (AvgIpc) is 2.38. The second-order valence-corrected chi connectivity index (χ2v) is 4.94. The van der Waals surface area contributed by atoms with Crippen molar-refractivity contribution in [3.8, 4) is 6.07 Å². The zero-order valence-electron chi connectivity index (χ0n) is 10.5. The molecular weight excluding hydrogens is 231 g/mol. The summed E-state index contributed by atoms with van der Waals surface area (Å²) in [6, 6.07) is 6.53. The van der Waals surface area contributed by atoms with Crippen LogP contribution >= 0.6 is 0 Å². The lowest BCUT2D eigenvalue weighted by molar-refractivity contribution is 0.0445. The maximum Gasteiger partial charge on any atom is 0.129 e. The van der Waals surface area contributed by atoms with Gasteiger partial charge in [0, 0.05) is 30.9 Å². The summed E-state index contributed by atoms with van der Waals surface area (Å²) in [5.74, 6) is -0.322. The van der Waals surface area contributed by atoms with Crippen LogP contribution in [0.2, 0.25) is 0 Å². The first-order valence-corrected chi connectivity index (χ1v) is 6.14. The largest absolute Gasteiger partial charge is 0.381 e. The Morgan fingerprint density at radius 3 is 2.78 bits per heavy atom. The van der Waals surface area contributed by atoms with E-state index in [0.29, 0.717) is 17.7 Å². The molecule has 0 unspecified atom stereocenters. The minimum atomic E-state index is -0.322. The minimum absolute atomic E-state index is 0.0125. The van der Waals surface area contributed by atoms with Gasteiger partial charge in [0.15, 0.2) is 0 Å². The van der Waals surface area contributed by atoms with Gasteiger partial charge in [-0.2, -0.15) is 5.26 Å². The lowest BCUT2D eigenvalue weighted by Gasteiger charge is -2.34. The zero-order chi connectivity index (χ0) is 13.0. The summed E-state index contributed by atoms with van der Waals surface area (Å²) in [5, 5.41) is 12.1. The quantitative estimate of drug-likeness (QED) is 0.893. The average molecular weight is 248 g/mol. The predicted octanol–water partition coefficient (Wildman–Crippen LogP) is 2.36. The van der Waals surface area contributed by atoms with Crippen LogP contribution < -0.4 is 5.32 Å². The maximum absolute atomic E-state index is 13.7. The van der Waals surface area contributed by atoms with Gasteiger partial charge >= 0.3 is 0 Å². The number of ether oxygens (including phenoxy) is 1. The van der Waals surface area contributed by atoms with E-state index in [0.717, 1.165) is 26.1 Å². The van der Waals surface area contributed by atoms with E-state index in [1.54, 1.807) is 12.1 Å². The lowest BCUT2D eigenvalue weighted by atomic mass is 9.92. The Morgan fingerprint density at radius 1 is 1.44 bits per heavy atom. The molecule has 1 aromatic rings. The monoisotopic (exact) mass is 248 g/mol. The highest BCUT2D eigenvalue weighted by Crippen LogP contribution is 2.21. The van der Waals surface area contributed by atoms with Gasteiger partial charge in [0.2, 0.25) is 0 Å². The second-order valence-electron chi connectivity index (χ2n) is 4.94. The fourth-order valence-corrected chi connectivity index (χ4v) is 2.07. The summed E-state index contributed by atoms with van der Waals surface area (Å²) in [7, 11) is 0. The highest BCUT2D eigenvalue weighted by molar-refractivity contribution is 5.32. The molecule has 1 N–H and O–H groups in total. The van der Waals surface area contributed by atoms with E-state index < -0.39 is 0 Å². The topological polar surface area (TPSA) is 45.0 Å². The molecule has 0 amide bonds. The van der Waals surface area contributed by atoms with Crippen molar-refractivity contribution < 1.29 is 9.13 Å². The number of halogens is 1. The first-order chi connectivity index (χ1) is 8.63. The molecule has 0 aliphatic carbocycles. The van der Waals surface area contributed by atoms with E-state index in [1.807, 2.05) is 6.07 Å². The molecule has 1 saturated heterocycles. The molecule has 3 nitrogen and oxygen atoms in total. The van der Waals surface area contributed by atoms with Crippen LogP contribution in [0, 0.1) is 17.1 Å². The molecule has 1 aliphatic rings. The minimum Gasteiger partial charge on any atom is -0.381 e. The number of nitrogens with one attached hydrogen (secondary N) is 1. The van der Waals surface area contributed by atoms with Crippen LogP contribution in [0.15, 0.2) is 18.2 Å². The van der Waals surface area contributed by atoms with Gasteiger partial charge in [0.05, 0.1) is 11.6 Å². The number of rotatable bonds is 3. The SMILES string of the molecule is CC1(NCc2ccc(C#N)cc2F)CCOCC1. The highest BCUT2D eigenvalue weighted by atomic mass is 19.1. The molecule has 0 atom stereocenters. The molecule has 4 heteroatoms. The van der Waals surface area contributed by atoms with Gasteiger partial charge < -0.3 is 10.1 Å². The number of nitrogens with zero attached hydrogens (tertiary/aromatic N) is 1. The van der Waals surface area contributed by atoms with Crippen molar-refractivity contribution in [2.24, 2.45) is 0 Å². The molecule has 96 valence electrons. The van der Waals surface area contributed by atoms with E-state index in [9.17, 15) is 4.39 Å². The van der Waals surface area contributed by atoms with Crippen molar-refractivity contribution >= 4 is 0 Å². The lowest BCUT2D eigenvalue weighted by Crippen LogP contribution is -2.46. The Bertz CT molecular complexity index is 461. The van der Waals surface area contributed by atoms with Crippen LogP contribution in [0.5, 0.6) is 0 Å². The third-order valence-electron chi connectivity index (χ3n) is 3.48. The maximum atomic E-state index is 13.7. The van der Waals surface area contributed by atoms with E-state index in [4.69, 9.17) is 10.00 Å². The molecule has 0 aromatic heterocycles. The molecule has 1 fully saturated rings. The first kappa shape index (κ1) is 13.0. The van der Waals surface area contributed by atoms with Crippen LogP contribution in [0.3, 0.4) is 0 Å². The number of hydrogen-bond donors (Lipinski definition) is 1. The molecule has 18 heavy (non-hydrogen) atoms. The molecule has 0 saturated carbocycles. The van der Waals surface area contributed by atoms with Crippen molar-refractivity contribution in [1.82, 2.24) is 5.32 Å². The Kier molecular flexibility index (Phi) is 3.95. The summed E-state index contributed by atoms with van der Waals surface area (Å²) in [6.07, 6.45) is 1.87. The van der Waals surface area contributed by atoms with Crippen LogP contribution in [0.25, 0.3) is 0 Å². The van der Waals surface area contributed by atoms with Crippen LogP contribution in [0.4, 0.5) is 4.39 Å². The van der Waals surface area contributed by atoms with Gasteiger partial charge in [0.1, 0.15) is 5.82 Å². The molecule has 0 spiro atoms. The van der Waals surface area contributed by atoms with Crippen molar-refractivity contribution in [3.63, 3.8) is 0 Å². The Morgan fingerprint density at radius 2 is 2.17 bits per heavy atom. The summed E-state index contributed by atoms with van der Waals surface area (Å²) in [6.45, 7) is 4.11. The fourth-order valence-electron chi connectivity index (χ4n) is 2.07. The normalized spacial score (nSPS) is 18.3. The van der Waals surface area contributed by atoms with Crippen LogP contribution in [0.1, 0.15) is 30.9 Å². The van der Waals surface area contributed by atoms with E-state index in [1.165, 1.54) is 6.07 Å². The van der Waals surface area contributed by atoms with Crippen molar-refractivity contribution in [2.45, 2.75) is 31.8 Å². The summed E-state index contributed by atoms with van der Waals surface area (Å²) >= 11 is 0. The molecule has 1 heterocycles. The third kappa shape index (κ3) is 3.06. The van der Waals surface area contributed by atoms with Gasteiger partial charge in [-0.3, -0.25) is 0 Å².